The zero-order valence-electron chi connectivity index (χ0n) is 24.2. The summed E-state index contributed by atoms with van der Waals surface area (Å²) in [7, 11) is 0. The average Bonchev–Trinajstić information content (AvgIpc) is 3.38. The molecule has 0 saturated carbocycles. The number of benzene rings is 3. The van der Waals surface area contributed by atoms with Crippen molar-refractivity contribution in [1.29, 1.82) is 0 Å². The molecule has 0 fully saturated rings. The number of aliphatic carboxylic acids is 2. The zero-order valence-corrected chi connectivity index (χ0v) is 25.7. The number of carboxylic acid groups (broad SMARTS) is 2. The van der Waals surface area contributed by atoms with E-state index in [-0.39, 0.29) is 45.7 Å². The van der Waals surface area contributed by atoms with Crippen LogP contribution < -0.4 is 15.1 Å². The number of halogens is 7. The minimum absolute atomic E-state index is 0.149. The van der Waals surface area contributed by atoms with Crippen molar-refractivity contribution in [2.24, 2.45) is 5.10 Å². The number of carboxylic acids is 2. The van der Waals surface area contributed by atoms with Gasteiger partial charge in [-0.3, -0.25) is 4.79 Å². The maximum Gasteiger partial charge on any atom is 0.416 e. The van der Waals surface area contributed by atoms with Crippen LogP contribution in [0.1, 0.15) is 29.3 Å². The van der Waals surface area contributed by atoms with E-state index in [0.29, 0.717) is 11.1 Å². The number of nitrogens with one attached hydrogen (secondary N) is 1. The van der Waals surface area contributed by atoms with Crippen LogP contribution in [0.15, 0.2) is 84.1 Å². The van der Waals surface area contributed by atoms with Gasteiger partial charge in [-0.05, 0) is 67.6 Å². The van der Waals surface area contributed by atoms with E-state index < -0.39 is 46.8 Å². The molecule has 1 aliphatic rings. The lowest BCUT2D eigenvalue weighted by atomic mass is 9.95. The molecule has 2 heterocycles. The molecule has 4 aromatic rings. The third kappa shape index (κ3) is 8.16. The molecule has 1 aromatic heterocycles. The SMILES string of the molecule is CC1(C(=O)O)CC(C(=O)O)=NN1c1ccc(Cl)cc1Cl.O=C(Nc1ccc(F)cc1F)c1cccnc1Oc1cccc(C(F)(F)F)c1. The van der Waals surface area contributed by atoms with E-state index in [4.69, 9.17) is 33.0 Å². The number of nitrogens with zero attached hydrogens (tertiary/aromatic N) is 3. The van der Waals surface area contributed by atoms with Crippen molar-refractivity contribution in [3.05, 3.63) is 112 Å². The fraction of sp³-hybridized carbons (Fsp3) is 0.129. The Morgan fingerprint density at radius 2 is 1.71 bits per heavy atom. The van der Waals surface area contributed by atoms with Gasteiger partial charge in [0.1, 0.15) is 28.7 Å². The van der Waals surface area contributed by atoms with Crippen LogP contribution in [0.4, 0.5) is 33.3 Å². The first-order valence-electron chi connectivity index (χ1n) is 13.4. The molecule has 1 amide bonds. The summed E-state index contributed by atoms with van der Waals surface area (Å²) in [5, 5.41) is 26.2. The standard InChI is InChI=1S/C19H11F5N2O2.C12H10Cl2N2O4/c20-12-6-7-16(15(21)10-12)26-17(27)14-5-2-8-25-18(14)28-13-4-1-3-11(9-13)19(22,23)24;1-12(11(19)20)5-8(10(17)18)15-16(12)9-3-2-6(13)4-7(9)14/h1-10H,(H,26,27);2-4H,5H2,1H3,(H,17,18)(H,19,20). The van der Waals surface area contributed by atoms with Crippen molar-refractivity contribution in [3.8, 4) is 11.6 Å². The van der Waals surface area contributed by atoms with Gasteiger partial charge in [0.05, 0.1) is 22.0 Å². The molecule has 0 radical (unpaired) electrons. The van der Waals surface area contributed by atoms with Gasteiger partial charge in [-0.2, -0.15) is 18.3 Å². The molecule has 5 rings (SSSR count). The van der Waals surface area contributed by atoms with Crippen LogP contribution in [0.25, 0.3) is 0 Å². The molecule has 0 spiro atoms. The summed E-state index contributed by atoms with van der Waals surface area (Å²) in [5.74, 6) is -5.55. The minimum atomic E-state index is -4.57. The number of hydrazone groups is 1. The van der Waals surface area contributed by atoms with E-state index in [1.807, 2.05) is 0 Å². The number of aromatic nitrogens is 1. The lowest BCUT2D eigenvalue weighted by Gasteiger charge is -2.30. The first-order chi connectivity index (χ1) is 22.5. The number of ether oxygens (including phenoxy) is 1. The van der Waals surface area contributed by atoms with Crippen LogP contribution in [0, 0.1) is 11.6 Å². The smallest absolute Gasteiger partial charge is 0.416 e. The second kappa shape index (κ2) is 14.2. The van der Waals surface area contributed by atoms with Crippen LogP contribution in [-0.2, 0) is 15.8 Å². The molecule has 0 saturated heterocycles. The molecule has 1 atom stereocenters. The van der Waals surface area contributed by atoms with E-state index in [1.165, 1.54) is 49.5 Å². The summed E-state index contributed by atoms with van der Waals surface area (Å²) in [6, 6.07) is 13.8. The monoisotopic (exact) mass is 710 g/mol. The Balaban J connectivity index is 0.000000229. The molecular weight excluding hydrogens is 690 g/mol. The van der Waals surface area contributed by atoms with E-state index >= 15 is 0 Å². The molecule has 10 nitrogen and oxygen atoms in total. The fourth-order valence-electron chi connectivity index (χ4n) is 4.20. The summed E-state index contributed by atoms with van der Waals surface area (Å²) in [5.41, 5.74) is -2.81. The van der Waals surface area contributed by atoms with E-state index in [0.717, 1.165) is 35.3 Å². The number of amides is 1. The second-order valence-corrected chi connectivity index (χ2v) is 10.9. The lowest BCUT2D eigenvalue weighted by molar-refractivity contribution is -0.142. The minimum Gasteiger partial charge on any atom is -0.479 e. The highest BCUT2D eigenvalue weighted by Gasteiger charge is 2.48. The number of hydrogen-bond acceptors (Lipinski definition) is 7. The summed E-state index contributed by atoms with van der Waals surface area (Å²) < 4.78 is 70.5. The summed E-state index contributed by atoms with van der Waals surface area (Å²) in [4.78, 5) is 38.8. The first kappa shape index (κ1) is 35.6. The van der Waals surface area contributed by atoms with Gasteiger partial charge >= 0.3 is 18.1 Å². The molecule has 3 aromatic carbocycles. The maximum atomic E-state index is 13.7. The van der Waals surface area contributed by atoms with Gasteiger partial charge in [-0.25, -0.2) is 28.4 Å². The Morgan fingerprint density at radius 1 is 0.979 bits per heavy atom. The van der Waals surface area contributed by atoms with Gasteiger partial charge < -0.3 is 20.3 Å². The predicted octanol–water partition coefficient (Wildman–Crippen LogP) is 7.91. The third-order valence-corrected chi connectivity index (χ3v) is 7.15. The van der Waals surface area contributed by atoms with Crippen molar-refractivity contribution in [1.82, 2.24) is 4.98 Å². The highest BCUT2D eigenvalue weighted by atomic mass is 35.5. The Hall–Kier alpha value is -5.28. The predicted molar refractivity (Wildman–Crippen MR) is 165 cm³/mol. The number of anilines is 2. The van der Waals surface area contributed by atoms with E-state index in [2.05, 4.69) is 15.4 Å². The number of alkyl halides is 3. The first-order valence-corrected chi connectivity index (χ1v) is 14.1. The van der Waals surface area contributed by atoms with Gasteiger partial charge in [-0.15, -0.1) is 0 Å². The normalized spacial score (nSPS) is 15.6. The van der Waals surface area contributed by atoms with Crippen molar-refractivity contribution < 1.29 is 51.3 Å². The van der Waals surface area contributed by atoms with E-state index in [1.54, 1.807) is 0 Å². The quantitative estimate of drug-likeness (QED) is 0.164. The van der Waals surface area contributed by atoms with Gasteiger partial charge in [0, 0.05) is 23.7 Å². The molecular formula is C31H21Cl2F5N4O6. The van der Waals surface area contributed by atoms with Gasteiger partial charge in [-0.1, -0.05) is 29.3 Å². The number of hydrogen-bond donors (Lipinski definition) is 3. The number of carbonyl (C=O) groups excluding carboxylic acids is 1. The van der Waals surface area contributed by atoms with Crippen molar-refractivity contribution in [2.45, 2.75) is 25.1 Å². The molecule has 3 N–H and O–H groups in total. The van der Waals surface area contributed by atoms with Crippen molar-refractivity contribution >= 4 is 58.1 Å². The Bertz CT molecular complexity index is 1930. The molecule has 1 unspecified atom stereocenters. The zero-order chi connectivity index (χ0) is 35.4. The summed E-state index contributed by atoms with van der Waals surface area (Å²) >= 11 is 11.8. The third-order valence-electron chi connectivity index (χ3n) is 6.62. The highest BCUT2D eigenvalue weighted by molar-refractivity contribution is 6.38. The largest absolute Gasteiger partial charge is 0.479 e. The molecule has 250 valence electrons. The van der Waals surface area contributed by atoms with Gasteiger partial charge in [0.2, 0.25) is 5.88 Å². The molecule has 0 bridgehead atoms. The Kier molecular flexibility index (Phi) is 10.5. The molecule has 1 aliphatic heterocycles. The molecule has 48 heavy (non-hydrogen) atoms. The molecule has 17 heteroatoms. The average molecular weight is 711 g/mol. The van der Waals surface area contributed by atoms with E-state index in [9.17, 15) is 41.4 Å². The van der Waals surface area contributed by atoms with Gasteiger partial charge in [0.25, 0.3) is 5.91 Å². The second-order valence-electron chi connectivity index (χ2n) is 10.1. The van der Waals surface area contributed by atoms with Crippen LogP contribution >= 0.6 is 23.2 Å². The van der Waals surface area contributed by atoms with Gasteiger partial charge in [0.15, 0.2) is 5.54 Å². The fourth-order valence-corrected chi connectivity index (χ4v) is 4.69. The molecule has 0 aliphatic carbocycles. The Labute approximate surface area is 278 Å². The van der Waals surface area contributed by atoms with Crippen LogP contribution in [-0.4, -0.2) is 44.3 Å². The Morgan fingerprint density at radius 3 is 2.33 bits per heavy atom. The van der Waals surface area contributed by atoms with Crippen LogP contribution in [0.2, 0.25) is 10.0 Å². The van der Waals surface area contributed by atoms with Crippen LogP contribution in [0.3, 0.4) is 0 Å². The van der Waals surface area contributed by atoms with Crippen LogP contribution in [0.5, 0.6) is 11.6 Å². The van der Waals surface area contributed by atoms with Crippen molar-refractivity contribution in [3.63, 3.8) is 0 Å². The topological polar surface area (TPSA) is 141 Å². The maximum absolute atomic E-state index is 13.7. The summed E-state index contributed by atoms with van der Waals surface area (Å²) in [6.07, 6.45) is -3.52. The van der Waals surface area contributed by atoms with Crippen molar-refractivity contribution in [2.75, 3.05) is 10.3 Å². The highest BCUT2D eigenvalue weighted by Crippen LogP contribution is 2.38. The number of rotatable bonds is 7. The lowest BCUT2D eigenvalue weighted by Crippen LogP contribution is -2.47. The number of carbonyl (C=O) groups is 3. The summed E-state index contributed by atoms with van der Waals surface area (Å²) in [6.45, 7) is 1.39. The number of pyridine rings is 1.